The predicted octanol–water partition coefficient (Wildman–Crippen LogP) is 3.20. The largest absolute Gasteiger partial charge is 0.465 e. The quantitative estimate of drug-likeness (QED) is 0.792. The number of sulfone groups is 1. The Hall–Kier alpha value is -1.60. The van der Waals surface area contributed by atoms with Crippen molar-refractivity contribution in [2.24, 2.45) is 4.99 Å². The molecule has 4 rings (SSSR count). The van der Waals surface area contributed by atoms with Gasteiger partial charge in [0, 0.05) is 32.2 Å². The van der Waals surface area contributed by atoms with Crippen molar-refractivity contribution >= 4 is 21.4 Å². The van der Waals surface area contributed by atoms with Crippen molar-refractivity contribution in [3.8, 4) is 5.75 Å². The summed E-state index contributed by atoms with van der Waals surface area (Å²) in [5.41, 5.74) is 0.735. The van der Waals surface area contributed by atoms with E-state index < -0.39 is 9.84 Å². The van der Waals surface area contributed by atoms with Crippen LogP contribution in [0.2, 0.25) is 0 Å². The fourth-order valence-corrected chi connectivity index (χ4v) is 5.03. The zero-order valence-corrected chi connectivity index (χ0v) is 16.9. The molecule has 0 N–H and O–H groups in total. The van der Waals surface area contributed by atoms with Crippen molar-refractivity contribution in [2.45, 2.75) is 56.6 Å². The van der Waals surface area contributed by atoms with Crippen LogP contribution in [0.3, 0.4) is 0 Å². The molecule has 3 aliphatic heterocycles. The first-order chi connectivity index (χ1) is 13.1. The molecule has 6 nitrogen and oxygen atoms in total. The van der Waals surface area contributed by atoms with Gasteiger partial charge in [-0.05, 0) is 44.2 Å². The third kappa shape index (κ3) is 3.85. The highest BCUT2D eigenvalue weighted by atomic mass is 32.2. The van der Waals surface area contributed by atoms with Gasteiger partial charge in [-0.3, -0.25) is 4.90 Å². The number of hydrogen-bond donors (Lipinski definition) is 0. The van der Waals surface area contributed by atoms with Gasteiger partial charge in [-0.2, -0.15) is 0 Å². The molecule has 0 amide bonds. The van der Waals surface area contributed by atoms with Crippen molar-refractivity contribution < 1.29 is 13.2 Å². The molecule has 2 saturated heterocycles. The topological polar surface area (TPSA) is 62.2 Å². The van der Waals surface area contributed by atoms with Crippen molar-refractivity contribution in [3.63, 3.8) is 0 Å². The molecular weight excluding hydrogens is 362 g/mol. The molecule has 3 heterocycles. The van der Waals surface area contributed by atoms with Gasteiger partial charge in [-0.15, -0.1) is 0 Å². The molecule has 2 fully saturated rings. The van der Waals surface area contributed by atoms with Crippen LogP contribution in [-0.2, 0) is 9.84 Å². The van der Waals surface area contributed by atoms with E-state index >= 15 is 0 Å². The molecular formula is C20H29N3O3S. The molecule has 0 radical (unpaired) electrons. The number of ether oxygens (including phenoxy) is 1. The summed E-state index contributed by atoms with van der Waals surface area (Å²) in [6.45, 7) is 5.70. The lowest BCUT2D eigenvalue weighted by atomic mass is 10.1. The Bertz CT molecular complexity index is 810. The van der Waals surface area contributed by atoms with E-state index in [9.17, 15) is 8.42 Å². The van der Waals surface area contributed by atoms with Crippen LogP contribution in [0, 0.1) is 0 Å². The van der Waals surface area contributed by atoms with Crippen LogP contribution in [-0.4, -0.2) is 62.2 Å². The molecule has 0 bridgehead atoms. The number of amidine groups is 1. The van der Waals surface area contributed by atoms with E-state index in [1.807, 2.05) is 0 Å². The van der Waals surface area contributed by atoms with E-state index in [1.54, 1.807) is 25.1 Å². The molecule has 0 aromatic heterocycles. The molecule has 0 aliphatic carbocycles. The summed E-state index contributed by atoms with van der Waals surface area (Å²) in [6.07, 6.45) is 7.03. The lowest BCUT2D eigenvalue weighted by Gasteiger charge is -2.41. The van der Waals surface area contributed by atoms with E-state index in [0.29, 0.717) is 10.6 Å². The van der Waals surface area contributed by atoms with Crippen LogP contribution < -0.4 is 4.74 Å². The number of hydrogen-bond acceptors (Lipinski definition) is 6. The number of aliphatic imine (C=N–C) groups is 1. The van der Waals surface area contributed by atoms with Gasteiger partial charge in [0.25, 0.3) is 0 Å². The first-order valence-electron chi connectivity index (χ1n) is 10.2. The standard InChI is InChI=1S/C20H29N3O3S/c1-2-27(24,25)16-9-10-17-18(15-16)26-20(23-13-7-4-8-14-23)19(21-17)22-11-5-3-6-12-22/h9-10,15,20H,2-8,11-14H2,1H3. The molecule has 0 saturated carbocycles. The predicted molar refractivity (Wildman–Crippen MR) is 107 cm³/mol. The second kappa shape index (κ2) is 7.80. The van der Waals surface area contributed by atoms with Gasteiger partial charge in [0.2, 0.25) is 6.23 Å². The summed E-state index contributed by atoms with van der Waals surface area (Å²) in [4.78, 5) is 10.00. The highest BCUT2D eigenvalue weighted by Gasteiger charge is 2.35. The van der Waals surface area contributed by atoms with E-state index in [0.717, 1.165) is 37.7 Å². The summed E-state index contributed by atoms with van der Waals surface area (Å²) in [6, 6.07) is 5.09. The molecule has 1 unspecified atom stereocenters. The fourth-order valence-electron chi connectivity index (χ4n) is 4.13. The summed E-state index contributed by atoms with van der Waals surface area (Å²) in [7, 11) is -3.26. The number of likely N-dealkylation sites (tertiary alicyclic amines) is 2. The summed E-state index contributed by atoms with van der Waals surface area (Å²) >= 11 is 0. The van der Waals surface area contributed by atoms with Crippen LogP contribution in [0.25, 0.3) is 0 Å². The molecule has 3 aliphatic rings. The number of rotatable bonds is 3. The van der Waals surface area contributed by atoms with Crippen LogP contribution >= 0.6 is 0 Å². The van der Waals surface area contributed by atoms with E-state index in [1.165, 1.54) is 38.5 Å². The highest BCUT2D eigenvalue weighted by Crippen LogP contribution is 2.37. The van der Waals surface area contributed by atoms with Gasteiger partial charge in [-0.1, -0.05) is 13.3 Å². The van der Waals surface area contributed by atoms with Crippen LogP contribution in [0.5, 0.6) is 5.75 Å². The molecule has 7 heteroatoms. The third-order valence-electron chi connectivity index (χ3n) is 5.77. The summed E-state index contributed by atoms with van der Waals surface area (Å²) in [5.74, 6) is 1.67. The van der Waals surface area contributed by atoms with E-state index in [2.05, 4.69) is 9.80 Å². The van der Waals surface area contributed by atoms with Crippen LogP contribution in [0.1, 0.15) is 45.4 Å². The minimum absolute atomic E-state index is 0.0869. The minimum Gasteiger partial charge on any atom is -0.465 e. The van der Waals surface area contributed by atoms with Crippen LogP contribution in [0.15, 0.2) is 28.1 Å². The number of nitrogens with zero attached hydrogens (tertiary/aromatic N) is 3. The Morgan fingerprint density at radius 1 is 1.04 bits per heavy atom. The maximum absolute atomic E-state index is 12.3. The SMILES string of the molecule is CCS(=O)(=O)c1ccc2c(c1)OC(N1CCCCC1)C(N1CCCCC1)=N2. The maximum atomic E-state index is 12.3. The maximum Gasteiger partial charge on any atom is 0.211 e. The molecule has 148 valence electrons. The van der Waals surface area contributed by atoms with Crippen molar-refractivity contribution in [3.05, 3.63) is 18.2 Å². The van der Waals surface area contributed by atoms with E-state index in [4.69, 9.17) is 9.73 Å². The lowest BCUT2D eigenvalue weighted by molar-refractivity contribution is 0.0485. The average molecular weight is 392 g/mol. The van der Waals surface area contributed by atoms with E-state index in [-0.39, 0.29) is 12.0 Å². The zero-order valence-electron chi connectivity index (χ0n) is 16.1. The lowest BCUT2D eigenvalue weighted by Crippen LogP contribution is -2.55. The normalized spacial score (nSPS) is 24.1. The number of benzene rings is 1. The first-order valence-corrected chi connectivity index (χ1v) is 11.8. The molecule has 1 aromatic carbocycles. The van der Waals surface area contributed by atoms with Crippen molar-refractivity contribution in [1.29, 1.82) is 0 Å². The second-order valence-electron chi connectivity index (χ2n) is 7.62. The first kappa shape index (κ1) is 18.7. The Kier molecular flexibility index (Phi) is 5.41. The summed E-state index contributed by atoms with van der Waals surface area (Å²) in [5, 5.41) is 0. The molecule has 1 aromatic rings. The average Bonchev–Trinajstić information content (AvgIpc) is 2.73. The zero-order chi connectivity index (χ0) is 18.9. The number of fused-ring (bicyclic) bond motifs is 1. The van der Waals surface area contributed by atoms with Gasteiger partial charge in [0.1, 0.15) is 11.4 Å². The van der Waals surface area contributed by atoms with Crippen molar-refractivity contribution in [2.75, 3.05) is 31.9 Å². The third-order valence-corrected chi connectivity index (χ3v) is 7.50. The fraction of sp³-hybridized carbons (Fsp3) is 0.650. The van der Waals surface area contributed by atoms with Crippen molar-refractivity contribution in [1.82, 2.24) is 9.80 Å². The van der Waals surface area contributed by atoms with Gasteiger partial charge in [0.15, 0.2) is 15.7 Å². The van der Waals surface area contributed by atoms with Crippen LogP contribution in [0.4, 0.5) is 5.69 Å². The Balaban J connectivity index is 1.70. The Labute approximate surface area is 162 Å². The highest BCUT2D eigenvalue weighted by molar-refractivity contribution is 7.91. The van der Waals surface area contributed by atoms with Gasteiger partial charge in [-0.25, -0.2) is 13.4 Å². The van der Waals surface area contributed by atoms with Gasteiger partial charge >= 0.3 is 0 Å². The van der Waals surface area contributed by atoms with Gasteiger partial charge < -0.3 is 9.64 Å². The monoisotopic (exact) mass is 391 g/mol. The second-order valence-corrected chi connectivity index (χ2v) is 9.90. The minimum atomic E-state index is -3.26. The number of piperidine rings is 2. The van der Waals surface area contributed by atoms with Gasteiger partial charge in [0.05, 0.1) is 10.6 Å². The molecule has 27 heavy (non-hydrogen) atoms. The molecule has 0 spiro atoms. The summed E-state index contributed by atoms with van der Waals surface area (Å²) < 4.78 is 30.9. The Morgan fingerprint density at radius 2 is 1.70 bits per heavy atom. The smallest absolute Gasteiger partial charge is 0.211 e. The Morgan fingerprint density at radius 3 is 2.37 bits per heavy atom. The molecule has 1 atom stereocenters.